The molecule has 2 aromatic rings. The standard InChI is InChI=1S/C15H17N3O/c1-11-9-17-8-7-12(11)10-18-15(19)13-5-3-4-6-14(13)16-2/h3-9,16H,10H2,1-2H3,(H,18,19). The van der Waals surface area contributed by atoms with Crippen LogP contribution in [0, 0.1) is 6.92 Å². The van der Waals surface area contributed by atoms with Crippen LogP contribution in [0.4, 0.5) is 5.69 Å². The third-order valence-electron chi connectivity index (χ3n) is 3.02. The summed E-state index contributed by atoms with van der Waals surface area (Å²) in [6.45, 7) is 2.49. The van der Waals surface area contributed by atoms with Crippen LogP contribution in [0.25, 0.3) is 0 Å². The van der Waals surface area contributed by atoms with Gasteiger partial charge in [0.1, 0.15) is 0 Å². The number of rotatable bonds is 4. The molecule has 1 heterocycles. The molecule has 4 heteroatoms. The van der Waals surface area contributed by atoms with Crippen molar-refractivity contribution in [3.63, 3.8) is 0 Å². The number of aryl methyl sites for hydroxylation is 1. The van der Waals surface area contributed by atoms with Gasteiger partial charge in [0.05, 0.1) is 5.56 Å². The zero-order valence-electron chi connectivity index (χ0n) is 11.1. The number of carbonyl (C=O) groups excluding carboxylic acids is 1. The van der Waals surface area contributed by atoms with Gasteiger partial charge in [0, 0.05) is 31.7 Å². The van der Waals surface area contributed by atoms with E-state index in [4.69, 9.17) is 0 Å². The average molecular weight is 255 g/mol. The van der Waals surface area contributed by atoms with E-state index in [1.807, 2.05) is 31.2 Å². The Morgan fingerprint density at radius 1 is 1.26 bits per heavy atom. The average Bonchev–Trinajstić information content (AvgIpc) is 2.46. The molecule has 0 aliphatic rings. The number of pyridine rings is 1. The van der Waals surface area contributed by atoms with Crippen molar-refractivity contribution in [1.29, 1.82) is 0 Å². The first-order valence-electron chi connectivity index (χ1n) is 6.17. The molecule has 0 bridgehead atoms. The van der Waals surface area contributed by atoms with Crippen molar-refractivity contribution in [2.24, 2.45) is 0 Å². The molecule has 1 aromatic carbocycles. The summed E-state index contributed by atoms with van der Waals surface area (Å²) in [4.78, 5) is 16.2. The van der Waals surface area contributed by atoms with Gasteiger partial charge in [-0.25, -0.2) is 0 Å². The van der Waals surface area contributed by atoms with E-state index in [2.05, 4.69) is 15.6 Å². The normalized spacial score (nSPS) is 10.0. The number of carbonyl (C=O) groups is 1. The molecule has 0 spiro atoms. The van der Waals surface area contributed by atoms with Gasteiger partial charge in [-0.15, -0.1) is 0 Å². The SMILES string of the molecule is CNc1ccccc1C(=O)NCc1ccncc1C. The Kier molecular flexibility index (Phi) is 4.13. The molecule has 0 aliphatic carbocycles. The van der Waals surface area contributed by atoms with Gasteiger partial charge in [0.25, 0.3) is 5.91 Å². The minimum Gasteiger partial charge on any atom is -0.387 e. The van der Waals surface area contributed by atoms with Crippen molar-refractivity contribution in [2.45, 2.75) is 13.5 Å². The predicted octanol–water partition coefficient (Wildman–Crippen LogP) is 2.36. The van der Waals surface area contributed by atoms with Gasteiger partial charge in [-0.05, 0) is 36.2 Å². The summed E-state index contributed by atoms with van der Waals surface area (Å²) in [5, 5.41) is 5.94. The minimum atomic E-state index is -0.0823. The van der Waals surface area contributed by atoms with Crippen LogP contribution in [0.1, 0.15) is 21.5 Å². The molecule has 1 aromatic heterocycles. The second-order valence-electron chi connectivity index (χ2n) is 4.28. The highest BCUT2D eigenvalue weighted by Crippen LogP contribution is 2.14. The van der Waals surface area contributed by atoms with E-state index in [1.54, 1.807) is 25.5 Å². The summed E-state index contributed by atoms with van der Waals surface area (Å²) in [7, 11) is 1.80. The van der Waals surface area contributed by atoms with Crippen LogP contribution >= 0.6 is 0 Å². The first-order chi connectivity index (χ1) is 9.22. The second kappa shape index (κ2) is 6.00. The molecule has 2 rings (SSSR count). The van der Waals surface area contributed by atoms with Gasteiger partial charge in [-0.1, -0.05) is 12.1 Å². The molecule has 1 amide bonds. The molecule has 4 nitrogen and oxygen atoms in total. The number of aromatic nitrogens is 1. The van der Waals surface area contributed by atoms with E-state index in [-0.39, 0.29) is 5.91 Å². The molecule has 0 saturated carbocycles. The molecule has 0 radical (unpaired) electrons. The number of hydrogen-bond donors (Lipinski definition) is 2. The fourth-order valence-electron chi connectivity index (χ4n) is 1.87. The van der Waals surface area contributed by atoms with Crippen molar-refractivity contribution in [1.82, 2.24) is 10.3 Å². The first kappa shape index (κ1) is 13.1. The third-order valence-corrected chi connectivity index (χ3v) is 3.02. The topological polar surface area (TPSA) is 54.0 Å². The molecule has 98 valence electrons. The van der Waals surface area contributed by atoms with Gasteiger partial charge >= 0.3 is 0 Å². The summed E-state index contributed by atoms with van der Waals surface area (Å²) in [5.41, 5.74) is 3.62. The van der Waals surface area contributed by atoms with Gasteiger partial charge in [0.15, 0.2) is 0 Å². The lowest BCUT2D eigenvalue weighted by atomic mass is 10.1. The van der Waals surface area contributed by atoms with E-state index in [0.717, 1.165) is 16.8 Å². The fourth-order valence-corrected chi connectivity index (χ4v) is 1.87. The third kappa shape index (κ3) is 3.10. The lowest BCUT2D eigenvalue weighted by Gasteiger charge is -2.10. The Morgan fingerprint density at radius 2 is 2.05 bits per heavy atom. The smallest absolute Gasteiger partial charge is 0.253 e. The van der Waals surface area contributed by atoms with Crippen LogP contribution in [0.3, 0.4) is 0 Å². The maximum atomic E-state index is 12.1. The minimum absolute atomic E-state index is 0.0823. The van der Waals surface area contributed by atoms with Crippen molar-refractivity contribution < 1.29 is 4.79 Å². The zero-order valence-corrected chi connectivity index (χ0v) is 11.1. The maximum absolute atomic E-state index is 12.1. The molecule has 0 aliphatic heterocycles. The number of nitrogens with zero attached hydrogens (tertiary/aromatic N) is 1. The Labute approximate surface area is 112 Å². The maximum Gasteiger partial charge on any atom is 0.253 e. The lowest BCUT2D eigenvalue weighted by molar-refractivity contribution is 0.0951. The molecule has 0 unspecified atom stereocenters. The van der Waals surface area contributed by atoms with Crippen LogP contribution in [0.15, 0.2) is 42.7 Å². The van der Waals surface area contributed by atoms with Gasteiger partial charge in [0.2, 0.25) is 0 Å². The zero-order chi connectivity index (χ0) is 13.7. The highest BCUT2D eigenvalue weighted by atomic mass is 16.1. The van der Waals surface area contributed by atoms with Gasteiger partial charge < -0.3 is 10.6 Å². The highest BCUT2D eigenvalue weighted by molar-refractivity contribution is 5.99. The second-order valence-corrected chi connectivity index (χ2v) is 4.28. The number of anilines is 1. The number of hydrogen-bond acceptors (Lipinski definition) is 3. The molecule has 19 heavy (non-hydrogen) atoms. The van der Waals surface area contributed by atoms with E-state index in [0.29, 0.717) is 12.1 Å². The van der Waals surface area contributed by atoms with Crippen molar-refractivity contribution in [3.05, 3.63) is 59.4 Å². The van der Waals surface area contributed by atoms with Crippen LogP contribution in [0.2, 0.25) is 0 Å². The van der Waals surface area contributed by atoms with Crippen LogP contribution < -0.4 is 10.6 Å². The quantitative estimate of drug-likeness (QED) is 0.881. The summed E-state index contributed by atoms with van der Waals surface area (Å²) < 4.78 is 0. The van der Waals surface area contributed by atoms with Crippen molar-refractivity contribution >= 4 is 11.6 Å². The number of para-hydroxylation sites is 1. The Balaban J connectivity index is 2.08. The summed E-state index contributed by atoms with van der Waals surface area (Å²) in [6.07, 6.45) is 3.53. The van der Waals surface area contributed by atoms with Crippen LogP contribution in [-0.4, -0.2) is 17.9 Å². The molecule has 0 atom stereocenters. The summed E-state index contributed by atoms with van der Waals surface area (Å²) in [6, 6.07) is 9.36. The Hall–Kier alpha value is -2.36. The van der Waals surface area contributed by atoms with E-state index in [9.17, 15) is 4.79 Å². The first-order valence-corrected chi connectivity index (χ1v) is 6.17. The fraction of sp³-hybridized carbons (Fsp3) is 0.200. The molecular formula is C15H17N3O. The number of nitrogens with one attached hydrogen (secondary N) is 2. The Bertz CT molecular complexity index is 581. The van der Waals surface area contributed by atoms with Crippen molar-refractivity contribution in [3.8, 4) is 0 Å². The highest BCUT2D eigenvalue weighted by Gasteiger charge is 2.09. The lowest BCUT2D eigenvalue weighted by Crippen LogP contribution is -2.24. The Morgan fingerprint density at radius 3 is 2.79 bits per heavy atom. The van der Waals surface area contributed by atoms with E-state index >= 15 is 0 Å². The van der Waals surface area contributed by atoms with Gasteiger partial charge in [-0.3, -0.25) is 9.78 Å². The molecular weight excluding hydrogens is 238 g/mol. The molecule has 0 fully saturated rings. The van der Waals surface area contributed by atoms with Gasteiger partial charge in [-0.2, -0.15) is 0 Å². The molecule has 2 N–H and O–H groups in total. The van der Waals surface area contributed by atoms with Crippen LogP contribution in [0.5, 0.6) is 0 Å². The van der Waals surface area contributed by atoms with E-state index in [1.165, 1.54) is 0 Å². The number of amides is 1. The summed E-state index contributed by atoms with van der Waals surface area (Å²) in [5.74, 6) is -0.0823. The number of benzene rings is 1. The molecule has 0 saturated heterocycles. The van der Waals surface area contributed by atoms with E-state index < -0.39 is 0 Å². The predicted molar refractivity (Wildman–Crippen MR) is 76.1 cm³/mol. The largest absolute Gasteiger partial charge is 0.387 e. The monoisotopic (exact) mass is 255 g/mol. The van der Waals surface area contributed by atoms with Crippen molar-refractivity contribution in [2.75, 3.05) is 12.4 Å². The van der Waals surface area contributed by atoms with Crippen LogP contribution in [-0.2, 0) is 6.54 Å². The summed E-state index contributed by atoms with van der Waals surface area (Å²) >= 11 is 0.